The minimum atomic E-state index is 0.204. The summed E-state index contributed by atoms with van der Waals surface area (Å²) in [7, 11) is 4.23. The standard InChI is InChI=1S/C18H34N4O/c1-15(19-11-9-16(2)23)8-10-20-17(3)18-7-6-12-22(18)14-13-21(4)5/h18-20,23H,1-3,6-14H2,4-5H3. The van der Waals surface area contributed by atoms with Crippen LogP contribution in [0.5, 0.6) is 0 Å². The Hall–Kier alpha value is -1.46. The Balaban J connectivity index is 2.22. The summed E-state index contributed by atoms with van der Waals surface area (Å²) in [5.74, 6) is 0.204. The van der Waals surface area contributed by atoms with E-state index < -0.39 is 0 Å². The first-order valence-electron chi connectivity index (χ1n) is 8.50. The molecule has 5 nitrogen and oxygen atoms in total. The predicted molar refractivity (Wildman–Crippen MR) is 98.4 cm³/mol. The van der Waals surface area contributed by atoms with Crippen LogP contribution in [0.2, 0.25) is 0 Å². The van der Waals surface area contributed by atoms with Crippen LogP contribution in [0.4, 0.5) is 0 Å². The van der Waals surface area contributed by atoms with Crippen molar-refractivity contribution >= 4 is 0 Å². The van der Waals surface area contributed by atoms with Gasteiger partial charge in [-0.1, -0.05) is 19.7 Å². The van der Waals surface area contributed by atoms with E-state index in [4.69, 9.17) is 5.11 Å². The monoisotopic (exact) mass is 322 g/mol. The first-order chi connectivity index (χ1) is 10.9. The summed E-state index contributed by atoms with van der Waals surface area (Å²) in [6.45, 7) is 16.6. The molecule has 132 valence electrons. The molecule has 23 heavy (non-hydrogen) atoms. The third-order valence-corrected chi connectivity index (χ3v) is 4.17. The molecule has 1 unspecified atom stereocenters. The van der Waals surface area contributed by atoms with Gasteiger partial charge in [0.1, 0.15) is 0 Å². The number of aliphatic hydroxyl groups excluding tert-OH is 1. The van der Waals surface area contributed by atoms with Crippen LogP contribution in [0.3, 0.4) is 0 Å². The summed E-state index contributed by atoms with van der Waals surface area (Å²) in [4.78, 5) is 4.75. The van der Waals surface area contributed by atoms with E-state index in [1.54, 1.807) is 0 Å². The van der Waals surface area contributed by atoms with Crippen LogP contribution in [0, 0.1) is 0 Å². The van der Waals surface area contributed by atoms with Gasteiger partial charge >= 0.3 is 0 Å². The lowest BCUT2D eigenvalue weighted by Crippen LogP contribution is -2.39. The van der Waals surface area contributed by atoms with E-state index in [2.05, 4.69) is 54.3 Å². The van der Waals surface area contributed by atoms with E-state index >= 15 is 0 Å². The van der Waals surface area contributed by atoms with Gasteiger partial charge in [-0.15, -0.1) is 0 Å². The minimum absolute atomic E-state index is 0.204. The van der Waals surface area contributed by atoms with Crippen molar-refractivity contribution in [3.05, 3.63) is 36.9 Å². The molecule has 0 aromatic rings. The second kappa shape index (κ2) is 10.3. The van der Waals surface area contributed by atoms with Gasteiger partial charge in [-0.3, -0.25) is 4.90 Å². The van der Waals surface area contributed by atoms with Gasteiger partial charge in [-0.2, -0.15) is 0 Å². The first-order valence-corrected chi connectivity index (χ1v) is 8.50. The Kier molecular flexibility index (Phi) is 8.81. The molecule has 0 radical (unpaired) electrons. The zero-order chi connectivity index (χ0) is 17.2. The largest absolute Gasteiger partial charge is 0.513 e. The Labute approximate surface area is 141 Å². The van der Waals surface area contributed by atoms with Crippen molar-refractivity contribution < 1.29 is 5.11 Å². The quantitative estimate of drug-likeness (QED) is 0.480. The molecule has 1 saturated heterocycles. The molecule has 1 atom stereocenters. The number of nitrogens with zero attached hydrogens (tertiary/aromatic N) is 2. The van der Waals surface area contributed by atoms with Crippen molar-refractivity contribution in [2.24, 2.45) is 0 Å². The van der Waals surface area contributed by atoms with Gasteiger partial charge in [-0.25, -0.2) is 0 Å². The third kappa shape index (κ3) is 8.09. The molecule has 1 aliphatic heterocycles. The van der Waals surface area contributed by atoms with Crippen molar-refractivity contribution in [3.63, 3.8) is 0 Å². The molecule has 0 bridgehead atoms. The van der Waals surface area contributed by atoms with Crippen LogP contribution < -0.4 is 10.6 Å². The Morgan fingerprint density at radius 3 is 2.52 bits per heavy atom. The van der Waals surface area contributed by atoms with Crippen molar-refractivity contribution in [3.8, 4) is 0 Å². The molecule has 0 aromatic heterocycles. The summed E-state index contributed by atoms with van der Waals surface area (Å²) in [5, 5.41) is 15.7. The number of likely N-dealkylation sites (tertiary alicyclic amines) is 1. The first kappa shape index (κ1) is 19.6. The number of hydrogen-bond donors (Lipinski definition) is 3. The molecule has 0 aromatic carbocycles. The van der Waals surface area contributed by atoms with Crippen LogP contribution in [0.15, 0.2) is 36.9 Å². The smallest absolute Gasteiger partial charge is 0.0868 e. The molecule has 5 heteroatoms. The molecular formula is C18H34N4O. The van der Waals surface area contributed by atoms with E-state index in [0.29, 0.717) is 19.0 Å². The maximum absolute atomic E-state index is 9.04. The second-order valence-corrected chi connectivity index (χ2v) is 6.55. The molecule has 3 N–H and O–H groups in total. The summed E-state index contributed by atoms with van der Waals surface area (Å²) >= 11 is 0. The maximum Gasteiger partial charge on any atom is 0.0868 e. The average molecular weight is 322 g/mol. The third-order valence-electron chi connectivity index (χ3n) is 4.17. The van der Waals surface area contributed by atoms with Gasteiger partial charge in [-0.05, 0) is 33.5 Å². The van der Waals surface area contributed by atoms with Crippen molar-refractivity contribution in [1.82, 2.24) is 20.4 Å². The molecule has 1 rings (SSSR count). The molecule has 1 aliphatic rings. The highest BCUT2D eigenvalue weighted by atomic mass is 16.3. The Morgan fingerprint density at radius 1 is 1.17 bits per heavy atom. The van der Waals surface area contributed by atoms with Crippen LogP contribution in [-0.4, -0.2) is 67.8 Å². The second-order valence-electron chi connectivity index (χ2n) is 6.55. The minimum Gasteiger partial charge on any atom is -0.513 e. The van der Waals surface area contributed by atoms with Gasteiger partial charge < -0.3 is 20.6 Å². The number of rotatable bonds is 12. The lowest BCUT2D eigenvalue weighted by molar-refractivity contribution is 0.240. The van der Waals surface area contributed by atoms with E-state index in [1.807, 2.05) is 0 Å². The number of nitrogens with one attached hydrogen (secondary N) is 2. The van der Waals surface area contributed by atoms with E-state index in [9.17, 15) is 0 Å². The number of aliphatic hydroxyl groups is 1. The zero-order valence-electron chi connectivity index (χ0n) is 14.9. The molecule has 1 fully saturated rings. The highest BCUT2D eigenvalue weighted by molar-refractivity contribution is 5.07. The summed E-state index contributed by atoms with van der Waals surface area (Å²) < 4.78 is 0. The van der Waals surface area contributed by atoms with Crippen LogP contribution >= 0.6 is 0 Å². The summed E-state index contributed by atoms with van der Waals surface area (Å²) in [6.07, 6.45) is 3.85. The fourth-order valence-corrected chi connectivity index (χ4v) is 2.78. The normalized spacial score (nSPS) is 18.1. The fraction of sp³-hybridized carbons (Fsp3) is 0.667. The van der Waals surface area contributed by atoms with Gasteiger partial charge in [0, 0.05) is 56.5 Å². The van der Waals surface area contributed by atoms with Crippen molar-refractivity contribution in [2.45, 2.75) is 31.7 Å². The summed E-state index contributed by atoms with van der Waals surface area (Å²) in [6, 6.07) is 0.453. The number of likely N-dealkylation sites (N-methyl/N-ethyl adjacent to an activating group) is 1. The average Bonchev–Trinajstić information content (AvgIpc) is 2.93. The predicted octanol–water partition coefficient (Wildman–Crippen LogP) is 2.07. The SMILES string of the molecule is C=C(O)CCNC(=C)CCNC(=C)C1CCCN1CCN(C)C. The van der Waals surface area contributed by atoms with Crippen LogP contribution in [0.1, 0.15) is 25.7 Å². The van der Waals surface area contributed by atoms with Crippen molar-refractivity contribution in [1.29, 1.82) is 0 Å². The zero-order valence-corrected chi connectivity index (χ0v) is 14.9. The highest BCUT2D eigenvalue weighted by Crippen LogP contribution is 2.21. The fourth-order valence-electron chi connectivity index (χ4n) is 2.78. The van der Waals surface area contributed by atoms with Gasteiger partial charge in [0.2, 0.25) is 0 Å². The van der Waals surface area contributed by atoms with Crippen LogP contribution in [-0.2, 0) is 0 Å². The van der Waals surface area contributed by atoms with E-state index in [1.165, 1.54) is 19.4 Å². The molecule has 0 spiro atoms. The number of hydrogen-bond acceptors (Lipinski definition) is 5. The Bertz CT molecular complexity index is 406. The maximum atomic E-state index is 9.04. The lowest BCUT2D eigenvalue weighted by atomic mass is 10.1. The molecule has 0 saturated carbocycles. The van der Waals surface area contributed by atoms with Crippen LogP contribution in [0.25, 0.3) is 0 Å². The van der Waals surface area contributed by atoms with E-state index in [-0.39, 0.29) is 5.76 Å². The van der Waals surface area contributed by atoms with E-state index in [0.717, 1.165) is 37.4 Å². The molecule has 0 aliphatic carbocycles. The molecular weight excluding hydrogens is 288 g/mol. The van der Waals surface area contributed by atoms with Crippen molar-refractivity contribution in [2.75, 3.05) is 46.8 Å². The van der Waals surface area contributed by atoms with Gasteiger partial charge in [0.25, 0.3) is 0 Å². The molecule has 1 heterocycles. The van der Waals surface area contributed by atoms with Gasteiger partial charge in [0.05, 0.1) is 5.76 Å². The topological polar surface area (TPSA) is 50.8 Å². The summed E-state index contributed by atoms with van der Waals surface area (Å²) in [5.41, 5.74) is 2.10. The molecule has 0 amide bonds. The van der Waals surface area contributed by atoms with Gasteiger partial charge in [0.15, 0.2) is 0 Å². The lowest BCUT2D eigenvalue weighted by Gasteiger charge is -2.28. The highest BCUT2D eigenvalue weighted by Gasteiger charge is 2.26. The Morgan fingerprint density at radius 2 is 1.87 bits per heavy atom.